The van der Waals surface area contributed by atoms with E-state index in [0.717, 1.165) is 18.7 Å². The Morgan fingerprint density at radius 2 is 2.05 bits per heavy atom. The normalized spacial score (nSPS) is 13.3. The first kappa shape index (κ1) is 17.0. The fourth-order valence-electron chi connectivity index (χ4n) is 2.01. The minimum atomic E-state index is -0.684. The molecular weight excluding hydrogens is 250 g/mol. The number of benzene rings is 1. The van der Waals surface area contributed by atoms with Gasteiger partial charge in [-0.1, -0.05) is 19.1 Å². The molecule has 1 unspecified atom stereocenters. The van der Waals surface area contributed by atoms with E-state index < -0.39 is 5.60 Å². The highest BCUT2D eigenvalue weighted by Crippen LogP contribution is 2.27. The number of aliphatic hydroxyl groups is 1. The van der Waals surface area contributed by atoms with Crippen molar-refractivity contribution in [2.45, 2.75) is 59.1 Å². The smallest absolute Gasteiger partial charge is 0.124 e. The van der Waals surface area contributed by atoms with Crippen LogP contribution in [0.2, 0.25) is 0 Å². The largest absolute Gasteiger partial charge is 0.493 e. The van der Waals surface area contributed by atoms with Crippen LogP contribution in [0.3, 0.4) is 0 Å². The summed E-state index contributed by atoms with van der Waals surface area (Å²) >= 11 is 0. The van der Waals surface area contributed by atoms with Gasteiger partial charge in [-0.15, -0.1) is 0 Å². The molecule has 0 saturated heterocycles. The van der Waals surface area contributed by atoms with Gasteiger partial charge >= 0.3 is 0 Å². The van der Waals surface area contributed by atoms with Gasteiger partial charge in [-0.2, -0.15) is 0 Å². The molecule has 2 N–H and O–H groups in total. The van der Waals surface area contributed by atoms with Gasteiger partial charge in [0.25, 0.3) is 0 Å². The monoisotopic (exact) mass is 279 g/mol. The second-order valence-electron chi connectivity index (χ2n) is 6.13. The van der Waals surface area contributed by atoms with Crippen LogP contribution in [0, 0.1) is 6.92 Å². The highest BCUT2D eigenvalue weighted by atomic mass is 16.5. The molecule has 0 aliphatic heterocycles. The van der Waals surface area contributed by atoms with Gasteiger partial charge in [0.15, 0.2) is 0 Å². The lowest BCUT2D eigenvalue weighted by Crippen LogP contribution is -2.23. The molecule has 0 spiro atoms. The molecule has 1 rings (SSSR count). The molecule has 0 aromatic heterocycles. The third-order valence-electron chi connectivity index (χ3n) is 3.31. The molecule has 0 bridgehead atoms. The first-order valence-corrected chi connectivity index (χ1v) is 7.52. The molecule has 3 nitrogen and oxygen atoms in total. The average molecular weight is 279 g/mol. The van der Waals surface area contributed by atoms with E-state index in [0.29, 0.717) is 13.0 Å². The summed E-state index contributed by atoms with van der Waals surface area (Å²) in [6.45, 7) is 11.5. The standard InChI is InChI=1S/C17H29NO2/c1-6-10-18-14(3)15-8-7-13(2)12-16(15)20-11-9-17(4,5)19/h7-8,12,14,18-19H,6,9-11H2,1-5H3. The van der Waals surface area contributed by atoms with Crippen LogP contribution in [0.25, 0.3) is 0 Å². The van der Waals surface area contributed by atoms with Gasteiger partial charge in [-0.25, -0.2) is 0 Å². The second-order valence-corrected chi connectivity index (χ2v) is 6.13. The Bertz CT molecular complexity index is 410. The van der Waals surface area contributed by atoms with Gasteiger partial charge in [0, 0.05) is 18.0 Å². The number of nitrogens with one attached hydrogen (secondary N) is 1. The van der Waals surface area contributed by atoms with E-state index in [9.17, 15) is 5.11 Å². The Hall–Kier alpha value is -1.06. The van der Waals surface area contributed by atoms with Crippen molar-refractivity contribution in [1.29, 1.82) is 0 Å². The SMILES string of the molecule is CCCNC(C)c1ccc(C)cc1OCCC(C)(C)O. The van der Waals surface area contributed by atoms with Crippen LogP contribution < -0.4 is 10.1 Å². The lowest BCUT2D eigenvalue weighted by Gasteiger charge is -2.21. The Labute approximate surface area is 123 Å². The van der Waals surface area contributed by atoms with Crippen LogP contribution >= 0.6 is 0 Å². The maximum Gasteiger partial charge on any atom is 0.124 e. The predicted molar refractivity (Wildman–Crippen MR) is 84.3 cm³/mol. The summed E-state index contributed by atoms with van der Waals surface area (Å²) in [6.07, 6.45) is 1.74. The summed E-state index contributed by atoms with van der Waals surface area (Å²) in [6, 6.07) is 6.58. The molecule has 114 valence electrons. The van der Waals surface area contributed by atoms with Gasteiger partial charge in [-0.05, 0) is 52.3 Å². The molecule has 0 amide bonds. The topological polar surface area (TPSA) is 41.5 Å². The summed E-state index contributed by atoms with van der Waals surface area (Å²) in [5, 5.41) is 13.2. The van der Waals surface area contributed by atoms with E-state index in [4.69, 9.17) is 4.74 Å². The van der Waals surface area contributed by atoms with Crippen molar-refractivity contribution in [2.24, 2.45) is 0 Å². The second kappa shape index (κ2) is 7.65. The fourth-order valence-corrected chi connectivity index (χ4v) is 2.01. The minimum Gasteiger partial charge on any atom is -0.493 e. The summed E-state index contributed by atoms with van der Waals surface area (Å²) in [5.41, 5.74) is 1.69. The van der Waals surface area contributed by atoms with Crippen LogP contribution in [-0.2, 0) is 0 Å². The Kier molecular flexibility index (Phi) is 6.50. The molecular formula is C17H29NO2. The van der Waals surface area contributed by atoms with E-state index in [1.807, 2.05) is 0 Å². The van der Waals surface area contributed by atoms with Crippen molar-refractivity contribution in [3.63, 3.8) is 0 Å². The highest BCUT2D eigenvalue weighted by Gasteiger charge is 2.15. The summed E-state index contributed by atoms with van der Waals surface area (Å²) in [5.74, 6) is 0.922. The number of ether oxygens (including phenoxy) is 1. The molecule has 0 aliphatic rings. The van der Waals surface area contributed by atoms with Crippen molar-refractivity contribution in [1.82, 2.24) is 5.32 Å². The maximum absolute atomic E-state index is 9.75. The minimum absolute atomic E-state index is 0.271. The predicted octanol–water partition coefficient (Wildman–Crippen LogP) is 3.60. The van der Waals surface area contributed by atoms with Crippen molar-refractivity contribution >= 4 is 0 Å². The van der Waals surface area contributed by atoms with E-state index in [1.165, 1.54) is 11.1 Å². The van der Waals surface area contributed by atoms with Gasteiger partial charge in [0.2, 0.25) is 0 Å². The zero-order valence-electron chi connectivity index (χ0n) is 13.5. The van der Waals surface area contributed by atoms with Crippen molar-refractivity contribution < 1.29 is 9.84 Å². The average Bonchev–Trinajstić information content (AvgIpc) is 2.34. The van der Waals surface area contributed by atoms with Gasteiger partial charge in [0.1, 0.15) is 5.75 Å². The van der Waals surface area contributed by atoms with E-state index >= 15 is 0 Å². The fraction of sp³-hybridized carbons (Fsp3) is 0.647. The van der Waals surface area contributed by atoms with Crippen LogP contribution in [0.15, 0.2) is 18.2 Å². The molecule has 0 radical (unpaired) electrons. The molecule has 20 heavy (non-hydrogen) atoms. The Morgan fingerprint density at radius 3 is 2.65 bits per heavy atom. The molecule has 1 aromatic rings. The summed E-state index contributed by atoms with van der Waals surface area (Å²) in [7, 11) is 0. The van der Waals surface area contributed by atoms with Crippen molar-refractivity contribution in [3.05, 3.63) is 29.3 Å². The zero-order chi connectivity index (χ0) is 15.2. The Balaban J connectivity index is 2.74. The lowest BCUT2D eigenvalue weighted by atomic mass is 10.0. The molecule has 0 heterocycles. The molecule has 3 heteroatoms. The third-order valence-corrected chi connectivity index (χ3v) is 3.31. The van der Waals surface area contributed by atoms with Crippen LogP contribution in [0.4, 0.5) is 0 Å². The summed E-state index contributed by atoms with van der Waals surface area (Å²) in [4.78, 5) is 0. The molecule has 0 aliphatic carbocycles. The number of hydrogen-bond acceptors (Lipinski definition) is 3. The first-order valence-electron chi connectivity index (χ1n) is 7.52. The number of hydrogen-bond donors (Lipinski definition) is 2. The maximum atomic E-state index is 9.75. The van der Waals surface area contributed by atoms with Gasteiger partial charge in [-0.3, -0.25) is 0 Å². The van der Waals surface area contributed by atoms with Crippen molar-refractivity contribution in [3.8, 4) is 5.75 Å². The van der Waals surface area contributed by atoms with E-state index in [-0.39, 0.29) is 6.04 Å². The van der Waals surface area contributed by atoms with Crippen LogP contribution in [0.1, 0.15) is 57.7 Å². The van der Waals surface area contributed by atoms with Crippen LogP contribution in [-0.4, -0.2) is 23.9 Å². The third kappa shape index (κ3) is 5.93. The Morgan fingerprint density at radius 1 is 1.35 bits per heavy atom. The van der Waals surface area contributed by atoms with Crippen LogP contribution in [0.5, 0.6) is 5.75 Å². The molecule has 0 saturated carbocycles. The zero-order valence-corrected chi connectivity index (χ0v) is 13.5. The first-order chi connectivity index (χ1) is 9.33. The van der Waals surface area contributed by atoms with E-state index in [2.05, 4.69) is 44.3 Å². The number of aryl methyl sites for hydroxylation is 1. The molecule has 1 atom stereocenters. The molecule has 0 fully saturated rings. The summed E-state index contributed by atoms with van der Waals surface area (Å²) < 4.78 is 5.90. The lowest BCUT2D eigenvalue weighted by molar-refractivity contribution is 0.0551. The number of rotatable bonds is 8. The van der Waals surface area contributed by atoms with E-state index in [1.54, 1.807) is 13.8 Å². The van der Waals surface area contributed by atoms with Crippen molar-refractivity contribution in [2.75, 3.05) is 13.2 Å². The van der Waals surface area contributed by atoms with Gasteiger partial charge < -0.3 is 15.2 Å². The highest BCUT2D eigenvalue weighted by molar-refractivity contribution is 5.39. The molecule has 1 aromatic carbocycles. The van der Waals surface area contributed by atoms with Gasteiger partial charge in [0.05, 0.1) is 12.2 Å². The quantitative estimate of drug-likeness (QED) is 0.764.